The molecule has 2 amide bonds. The van der Waals surface area contributed by atoms with E-state index >= 15 is 0 Å². The van der Waals surface area contributed by atoms with Gasteiger partial charge in [-0.15, -0.1) is 0 Å². The molecule has 0 spiro atoms. The van der Waals surface area contributed by atoms with E-state index in [4.69, 9.17) is 14.7 Å². The van der Waals surface area contributed by atoms with E-state index in [0.717, 1.165) is 57.8 Å². The van der Waals surface area contributed by atoms with E-state index in [0.29, 0.717) is 31.1 Å². The molecule has 1 heterocycles. The lowest BCUT2D eigenvalue weighted by molar-refractivity contribution is 0.0525. The first-order chi connectivity index (χ1) is 18.7. The molecule has 10 heteroatoms. The zero-order valence-corrected chi connectivity index (χ0v) is 24.3. The van der Waals surface area contributed by atoms with Gasteiger partial charge in [-0.25, -0.2) is 14.8 Å². The van der Waals surface area contributed by atoms with E-state index in [1.54, 1.807) is 20.8 Å². The molecule has 10 nitrogen and oxygen atoms in total. The van der Waals surface area contributed by atoms with Crippen molar-refractivity contribution >= 4 is 29.4 Å². The van der Waals surface area contributed by atoms with E-state index < -0.39 is 11.7 Å². The maximum Gasteiger partial charge on any atom is 0.407 e. The van der Waals surface area contributed by atoms with Gasteiger partial charge in [-0.1, -0.05) is 45.4 Å². The minimum Gasteiger partial charge on any atom is -0.444 e. The van der Waals surface area contributed by atoms with Crippen LogP contribution in [0.3, 0.4) is 0 Å². The number of hydrogen-bond acceptors (Lipinski definition) is 8. The fourth-order valence-electron chi connectivity index (χ4n) is 5.06. The first-order valence-corrected chi connectivity index (χ1v) is 14.9. The van der Waals surface area contributed by atoms with Gasteiger partial charge in [0.05, 0.1) is 0 Å². The predicted octanol–water partition coefficient (Wildman–Crippen LogP) is 5.59. The Kier molecular flexibility index (Phi) is 11.8. The van der Waals surface area contributed by atoms with Crippen LogP contribution in [0.2, 0.25) is 0 Å². The summed E-state index contributed by atoms with van der Waals surface area (Å²) >= 11 is 0. The first-order valence-electron chi connectivity index (χ1n) is 14.9. The molecule has 0 aliphatic heterocycles. The van der Waals surface area contributed by atoms with Crippen molar-refractivity contribution in [3.8, 4) is 0 Å². The van der Waals surface area contributed by atoms with Crippen LogP contribution in [0.25, 0.3) is 0 Å². The maximum atomic E-state index is 13.5. The van der Waals surface area contributed by atoms with Crippen molar-refractivity contribution in [1.29, 1.82) is 0 Å². The van der Waals surface area contributed by atoms with Gasteiger partial charge in [-0.2, -0.15) is 0 Å². The number of nitrogens with zero attached hydrogens (tertiary/aromatic N) is 2. The minimum absolute atomic E-state index is 0.168. The monoisotopic (exact) mass is 544 g/mol. The Bertz CT molecular complexity index is 965. The quantitative estimate of drug-likeness (QED) is 0.197. The van der Waals surface area contributed by atoms with Gasteiger partial charge in [-0.3, -0.25) is 9.59 Å². The molecule has 0 bridgehead atoms. The Labute approximate surface area is 233 Å². The molecule has 0 saturated heterocycles. The van der Waals surface area contributed by atoms with Crippen LogP contribution in [0, 0.1) is 0 Å². The Morgan fingerprint density at radius 3 is 1.87 bits per heavy atom. The molecule has 4 N–H and O–H groups in total. The van der Waals surface area contributed by atoms with Crippen molar-refractivity contribution in [2.45, 2.75) is 129 Å². The fraction of sp³-hybridized carbons (Fsp3) is 0.759. The highest BCUT2D eigenvalue weighted by Gasteiger charge is 2.27. The lowest BCUT2D eigenvalue weighted by atomic mass is 9.95. The number of anilines is 2. The minimum atomic E-state index is -0.581. The van der Waals surface area contributed by atoms with Crippen LogP contribution < -0.4 is 21.3 Å². The molecule has 2 saturated carbocycles. The highest BCUT2D eigenvalue weighted by atomic mass is 16.6. The number of alkyl carbamates (subject to hydrolysis) is 1. The summed E-state index contributed by atoms with van der Waals surface area (Å²) in [6, 6.07) is 0.390. The number of rotatable bonds is 12. The second-order valence-corrected chi connectivity index (χ2v) is 11.8. The summed E-state index contributed by atoms with van der Waals surface area (Å²) in [5.41, 5.74) is -0.0964. The highest BCUT2D eigenvalue weighted by Crippen LogP contribution is 2.27. The zero-order chi connectivity index (χ0) is 28.3. The van der Waals surface area contributed by atoms with E-state index in [9.17, 15) is 14.4 Å². The molecule has 218 valence electrons. The first kappa shape index (κ1) is 30.6. The van der Waals surface area contributed by atoms with E-state index in [1.165, 1.54) is 12.8 Å². The van der Waals surface area contributed by atoms with Crippen LogP contribution in [-0.4, -0.2) is 58.5 Å². The van der Waals surface area contributed by atoms with Crippen molar-refractivity contribution in [2.75, 3.05) is 23.7 Å². The molecule has 2 fully saturated rings. The highest BCUT2D eigenvalue weighted by molar-refractivity contribution is 6.02. The molecular weight excluding hydrogens is 496 g/mol. The van der Waals surface area contributed by atoms with Gasteiger partial charge in [0, 0.05) is 31.6 Å². The summed E-state index contributed by atoms with van der Waals surface area (Å²) in [6.45, 7) is 8.27. The number of aromatic nitrogens is 2. The van der Waals surface area contributed by atoms with Crippen LogP contribution in [0.4, 0.5) is 16.4 Å². The second kappa shape index (κ2) is 15.0. The molecule has 0 radical (unpaired) electrons. The van der Waals surface area contributed by atoms with Crippen molar-refractivity contribution in [1.82, 2.24) is 20.6 Å². The Morgan fingerprint density at radius 2 is 1.33 bits per heavy atom. The molecular formula is C29H48N6O4. The zero-order valence-electron chi connectivity index (χ0n) is 24.3. The number of ketones is 1. The van der Waals surface area contributed by atoms with Gasteiger partial charge in [0.1, 0.15) is 5.60 Å². The van der Waals surface area contributed by atoms with Crippen molar-refractivity contribution in [3.05, 3.63) is 11.4 Å². The van der Waals surface area contributed by atoms with Crippen molar-refractivity contribution in [2.24, 2.45) is 0 Å². The summed E-state index contributed by atoms with van der Waals surface area (Å²) in [7, 11) is 0. The Hall–Kier alpha value is -2.91. The average molecular weight is 545 g/mol. The smallest absolute Gasteiger partial charge is 0.407 e. The van der Waals surface area contributed by atoms with Crippen LogP contribution in [0.1, 0.15) is 132 Å². The van der Waals surface area contributed by atoms with Gasteiger partial charge in [0.25, 0.3) is 5.91 Å². The van der Waals surface area contributed by atoms with Gasteiger partial charge in [0.2, 0.25) is 0 Å². The van der Waals surface area contributed by atoms with Crippen molar-refractivity contribution < 1.29 is 19.1 Å². The number of carbonyl (C=O) groups is 3. The third-order valence-electron chi connectivity index (χ3n) is 7.05. The summed E-state index contributed by atoms with van der Waals surface area (Å²) in [5.74, 6) is 0.302. The number of hydrogen-bond donors (Lipinski definition) is 4. The number of nitrogens with one attached hydrogen (secondary N) is 4. The number of ether oxygens (including phenoxy) is 1. The van der Waals surface area contributed by atoms with Gasteiger partial charge in [-0.05, 0) is 59.3 Å². The molecule has 39 heavy (non-hydrogen) atoms. The molecule has 0 aromatic carbocycles. The molecule has 0 unspecified atom stereocenters. The molecule has 3 rings (SSSR count). The van der Waals surface area contributed by atoms with Crippen LogP contribution in [-0.2, 0) is 4.74 Å². The Balaban J connectivity index is 1.82. The second-order valence-electron chi connectivity index (χ2n) is 11.8. The SMILES string of the molecule is CCCNC(=O)c1nc(NC2CCCCC2)c(C(=O)CCCNC(=O)OC(C)(C)C)nc1NC1CCCCC1. The lowest BCUT2D eigenvalue weighted by Crippen LogP contribution is -2.33. The predicted molar refractivity (Wildman–Crippen MR) is 153 cm³/mol. The van der Waals surface area contributed by atoms with Crippen molar-refractivity contribution in [3.63, 3.8) is 0 Å². The van der Waals surface area contributed by atoms with Crippen LogP contribution in [0.5, 0.6) is 0 Å². The molecule has 2 aliphatic carbocycles. The lowest BCUT2D eigenvalue weighted by Gasteiger charge is -2.26. The number of amides is 2. The molecule has 1 aromatic heterocycles. The average Bonchev–Trinajstić information content (AvgIpc) is 2.90. The summed E-state index contributed by atoms with van der Waals surface area (Å²) in [6.07, 6.45) is 11.8. The van der Waals surface area contributed by atoms with Crippen LogP contribution in [0.15, 0.2) is 0 Å². The largest absolute Gasteiger partial charge is 0.444 e. The summed E-state index contributed by atoms with van der Waals surface area (Å²) < 4.78 is 5.27. The standard InChI is InChI=1S/C29H48N6O4/c1-5-18-30-27(37)24-26(33-21-15-10-7-11-16-21)34-23(25(35-24)32-20-13-8-6-9-14-20)22(36)17-12-19-31-28(38)39-29(2,3)4/h20-21H,5-19H2,1-4H3,(H,30,37)(H,31,38)(H,32,35)(H,33,34). The molecule has 0 atom stereocenters. The van der Waals surface area contributed by atoms with E-state index in [2.05, 4.69) is 21.3 Å². The maximum absolute atomic E-state index is 13.5. The normalized spacial score (nSPS) is 16.8. The Morgan fingerprint density at radius 1 is 0.795 bits per heavy atom. The topological polar surface area (TPSA) is 134 Å². The molecule has 2 aliphatic rings. The number of Topliss-reactive ketones (excluding diaryl/α,β-unsaturated/α-hetero) is 1. The fourth-order valence-corrected chi connectivity index (χ4v) is 5.06. The summed E-state index contributed by atoms with van der Waals surface area (Å²) in [4.78, 5) is 48.1. The number of carbonyl (C=O) groups excluding carboxylic acids is 3. The van der Waals surface area contributed by atoms with Gasteiger partial charge in [0.15, 0.2) is 28.8 Å². The summed E-state index contributed by atoms with van der Waals surface area (Å²) in [5, 5.41) is 12.5. The van der Waals surface area contributed by atoms with Crippen LogP contribution >= 0.6 is 0 Å². The molecule has 1 aromatic rings. The third kappa shape index (κ3) is 10.3. The van der Waals surface area contributed by atoms with E-state index in [-0.39, 0.29) is 41.6 Å². The van der Waals surface area contributed by atoms with Gasteiger partial charge < -0.3 is 26.0 Å². The van der Waals surface area contributed by atoms with Gasteiger partial charge >= 0.3 is 6.09 Å². The third-order valence-corrected chi connectivity index (χ3v) is 7.05. The van der Waals surface area contributed by atoms with E-state index in [1.807, 2.05) is 6.92 Å².